The highest BCUT2D eigenvalue weighted by Crippen LogP contribution is 2.35. The van der Waals surface area contributed by atoms with Crippen LogP contribution in [-0.4, -0.2) is 29.1 Å². The number of aliphatic hydroxyl groups is 1. The molecule has 0 spiro atoms. The highest BCUT2D eigenvalue weighted by molar-refractivity contribution is 5.93. The number of carbonyl (C=O) groups is 1. The summed E-state index contributed by atoms with van der Waals surface area (Å²) in [4.78, 5) is 16.2. The zero-order chi connectivity index (χ0) is 13.7. The third-order valence-electron chi connectivity index (χ3n) is 4.10. The molecule has 4 nitrogen and oxygen atoms in total. The molecular formula is C15H22N2O2. The van der Waals surface area contributed by atoms with Gasteiger partial charge in [0, 0.05) is 18.2 Å². The van der Waals surface area contributed by atoms with Gasteiger partial charge in [-0.2, -0.15) is 0 Å². The molecule has 19 heavy (non-hydrogen) atoms. The minimum atomic E-state index is -0.142. The molecule has 1 aromatic heterocycles. The second-order valence-electron chi connectivity index (χ2n) is 5.57. The fourth-order valence-electron chi connectivity index (χ4n) is 2.77. The molecule has 1 aromatic rings. The zero-order valence-electron chi connectivity index (χ0n) is 11.5. The van der Waals surface area contributed by atoms with Crippen molar-refractivity contribution in [3.63, 3.8) is 0 Å². The Kier molecular flexibility index (Phi) is 4.53. The van der Waals surface area contributed by atoms with Gasteiger partial charge >= 0.3 is 0 Å². The molecule has 0 bridgehead atoms. The van der Waals surface area contributed by atoms with Crippen molar-refractivity contribution in [1.29, 1.82) is 0 Å². The Morgan fingerprint density at radius 2 is 2.16 bits per heavy atom. The monoisotopic (exact) mass is 262 g/mol. The van der Waals surface area contributed by atoms with Crippen molar-refractivity contribution in [2.24, 2.45) is 5.41 Å². The first-order chi connectivity index (χ1) is 9.17. The maximum Gasteiger partial charge on any atom is 0.270 e. The van der Waals surface area contributed by atoms with Gasteiger partial charge in [-0.05, 0) is 31.4 Å². The van der Waals surface area contributed by atoms with Crippen LogP contribution in [0.15, 0.2) is 18.3 Å². The Morgan fingerprint density at radius 1 is 1.42 bits per heavy atom. The van der Waals surface area contributed by atoms with Gasteiger partial charge in [-0.25, -0.2) is 0 Å². The minimum absolute atomic E-state index is 0.128. The number of aromatic nitrogens is 1. The Bertz CT molecular complexity index is 440. The highest BCUT2D eigenvalue weighted by atomic mass is 16.3. The van der Waals surface area contributed by atoms with E-state index in [4.69, 9.17) is 0 Å². The van der Waals surface area contributed by atoms with Crippen LogP contribution >= 0.6 is 0 Å². The van der Waals surface area contributed by atoms with Crippen LogP contribution in [0.4, 0.5) is 0 Å². The normalized spacial score (nSPS) is 18.0. The average molecular weight is 262 g/mol. The topological polar surface area (TPSA) is 62.2 Å². The van der Waals surface area contributed by atoms with Crippen LogP contribution in [0.3, 0.4) is 0 Å². The predicted molar refractivity (Wildman–Crippen MR) is 73.9 cm³/mol. The molecule has 2 N–H and O–H groups in total. The first-order valence-corrected chi connectivity index (χ1v) is 6.98. The van der Waals surface area contributed by atoms with E-state index in [-0.39, 0.29) is 17.9 Å². The molecule has 1 aliphatic carbocycles. The van der Waals surface area contributed by atoms with E-state index in [1.165, 1.54) is 6.42 Å². The van der Waals surface area contributed by atoms with Crippen LogP contribution in [-0.2, 0) is 0 Å². The molecule has 4 heteroatoms. The Labute approximate surface area is 114 Å². The zero-order valence-corrected chi connectivity index (χ0v) is 11.5. The molecule has 0 radical (unpaired) electrons. The summed E-state index contributed by atoms with van der Waals surface area (Å²) in [5.41, 5.74) is 1.23. The molecule has 2 rings (SSSR count). The van der Waals surface area contributed by atoms with Gasteiger partial charge in [0.15, 0.2) is 0 Å². The highest BCUT2D eigenvalue weighted by Gasteiger charge is 2.31. The minimum Gasteiger partial charge on any atom is -0.396 e. The summed E-state index contributed by atoms with van der Waals surface area (Å²) in [6.45, 7) is 2.57. The molecule has 0 saturated heterocycles. The van der Waals surface area contributed by atoms with E-state index in [9.17, 15) is 9.90 Å². The van der Waals surface area contributed by atoms with E-state index in [1.54, 1.807) is 6.20 Å². The van der Waals surface area contributed by atoms with E-state index in [1.807, 2.05) is 19.1 Å². The summed E-state index contributed by atoms with van der Waals surface area (Å²) >= 11 is 0. The van der Waals surface area contributed by atoms with Crippen LogP contribution in [0.2, 0.25) is 0 Å². The number of nitrogens with one attached hydrogen (secondary N) is 1. The largest absolute Gasteiger partial charge is 0.396 e. The fraction of sp³-hybridized carbons (Fsp3) is 0.600. The lowest BCUT2D eigenvalue weighted by Gasteiger charge is -2.35. The van der Waals surface area contributed by atoms with Crippen LogP contribution < -0.4 is 5.32 Å². The summed E-state index contributed by atoms with van der Waals surface area (Å²) in [5, 5.41) is 12.6. The van der Waals surface area contributed by atoms with Gasteiger partial charge in [-0.3, -0.25) is 9.78 Å². The SMILES string of the molecule is Cc1cccnc1C(=O)NCC1(CO)CCCCC1. The lowest BCUT2D eigenvalue weighted by atomic mass is 9.74. The molecular weight excluding hydrogens is 240 g/mol. The van der Waals surface area contributed by atoms with Gasteiger partial charge in [0.05, 0.1) is 6.61 Å². The van der Waals surface area contributed by atoms with E-state index >= 15 is 0 Å². The number of nitrogens with zero attached hydrogens (tertiary/aromatic N) is 1. The van der Waals surface area contributed by atoms with Crippen LogP contribution in [0.1, 0.15) is 48.2 Å². The molecule has 0 aliphatic heterocycles. The molecule has 1 saturated carbocycles. The Hall–Kier alpha value is -1.42. The van der Waals surface area contributed by atoms with Crippen LogP contribution in [0.5, 0.6) is 0 Å². The number of hydrogen-bond donors (Lipinski definition) is 2. The van der Waals surface area contributed by atoms with Gasteiger partial charge in [0.25, 0.3) is 5.91 Å². The number of aliphatic hydroxyl groups excluding tert-OH is 1. The third kappa shape index (κ3) is 3.32. The van der Waals surface area contributed by atoms with Crippen molar-refractivity contribution in [1.82, 2.24) is 10.3 Å². The third-order valence-corrected chi connectivity index (χ3v) is 4.10. The van der Waals surface area contributed by atoms with Crippen molar-refractivity contribution in [2.45, 2.75) is 39.0 Å². The van der Waals surface area contributed by atoms with Crippen molar-refractivity contribution in [2.75, 3.05) is 13.2 Å². The molecule has 104 valence electrons. The molecule has 1 aliphatic rings. The Balaban J connectivity index is 1.98. The van der Waals surface area contributed by atoms with E-state index in [2.05, 4.69) is 10.3 Å². The van der Waals surface area contributed by atoms with Gasteiger partial charge in [0.1, 0.15) is 5.69 Å². The van der Waals surface area contributed by atoms with Crippen molar-refractivity contribution < 1.29 is 9.90 Å². The Morgan fingerprint density at radius 3 is 2.79 bits per heavy atom. The lowest BCUT2D eigenvalue weighted by molar-refractivity contribution is 0.0715. The maximum absolute atomic E-state index is 12.1. The predicted octanol–water partition coefficient (Wildman–Crippen LogP) is 2.06. The summed E-state index contributed by atoms with van der Waals surface area (Å²) in [5.74, 6) is -0.142. The standard InChI is InChI=1S/C15H22N2O2/c1-12-6-5-9-16-13(12)14(19)17-10-15(11-18)7-3-2-4-8-15/h5-6,9,18H,2-4,7-8,10-11H2,1H3,(H,17,19). The number of aryl methyl sites for hydroxylation is 1. The number of hydrogen-bond acceptors (Lipinski definition) is 3. The summed E-state index contributed by atoms with van der Waals surface area (Å²) in [6, 6.07) is 3.70. The second kappa shape index (κ2) is 6.15. The number of carbonyl (C=O) groups excluding carboxylic acids is 1. The smallest absolute Gasteiger partial charge is 0.270 e. The lowest BCUT2D eigenvalue weighted by Crippen LogP contribution is -2.41. The van der Waals surface area contributed by atoms with Gasteiger partial charge < -0.3 is 10.4 Å². The number of amides is 1. The fourth-order valence-corrected chi connectivity index (χ4v) is 2.77. The van der Waals surface area contributed by atoms with Gasteiger partial charge in [-0.1, -0.05) is 25.3 Å². The summed E-state index contributed by atoms with van der Waals surface area (Å²) < 4.78 is 0. The molecule has 0 aromatic carbocycles. The average Bonchev–Trinajstić information content (AvgIpc) is 2.46. The van der Waals surface area contributed by atoms with E-state index in [0.29, 0.717) is 12.2 Å². The number of pyridine rings is 1. The molecule has 0 unspecified atom stereocenters. The first-order valence-electron chi connectivity index (χ1n) is 6.98. The summed E-state index contributed by atoms with van der Waals surface area (Å²) in [7, 11) is 0. The molecule has 1 fully saturated rings. The first kappa shape index (κ1) is 14.0. The van der Waals surface area contributed by atoms with Crippen LogP contribution in [0, 0.1) is 12.3 Å². The van der Waals surface area contributed by atoms with Crippen molar-refractivity contribution in [3.05, 3.63) is 29.6 Å². The summed E-state index contributed by atoms with van der Waals surface area (Å²) in [6.07, 6.45) is 7.12. The van der Waals surface area contributed by atoms with Gasteiger partial charge in [-0.15, -0.1) is 0 Å². The molecule has 0 atom stereocenters. The quantitative estimate of drug-likeness (QED) is 0.873. The molecule has 1 heterocycles. The molecule has 1 amide bonds. The second-order valence-corrected chi connectivity index (χ2v) is 5.57. The van der Waals surface area contributed by atoms with E-state index < -0.39 is 0 Å². The number of rotatable bonds is 4. The van der Waals surface area contributed by atoms with Crippen molar-refractivity contribution >= 4 is 5.91 Å². The van der Waals surface area contributed by atoms with Gasteiger partial charge in [0.2, 0.25) is 0 Å². The van der Waals surface area contributed by atoms with Crippen molar-refractivity contribution in [3.8, 4) is 0 Å². The van der Waals surface area contributed by atoms with Crippen LogP contribution in [0.25, 0.3) is 0 Å². The van der Waals surface area contributed by atoms with E-state index in [0.717, 1.165) is 31.2 Å². The maximum atomic E-state index is 12.1.